The Bertz CT molecular complexity index is 613. The Balaban J connectivity index is 2.60. The molecule has 96 valence electrons. The minimum Gasteiger partial charge on any atom is -0.497 e. The van der Waals surface area contributed by atoms with Crippen molar-refractivity contribution in [2.45, 2.75) is 13.0 Å². The first-order chi connectivity index (χ1) is 8.54. The Morgan fingerprint density at radius 1 is 1.44 bits per heavy atom. The third-order valence-electron chi connectivity index (χ3n) is 2.63. The van der Waals surface area contributed by atoms with Crippen LogP contribution in [0, 0.1) is 0 Å². The monoisotopic (exact) mass is 250 g/mol. The van der Waals surface area contributed by atoms with Crippen LogP contribution >= 0.6 is 0 Å². The molecule has 6 heteroatoms. The lowest BCUT2D eigenvalue weighted by molar-refractivity contribution is 0.190. The van der Waals surface area contributed by atoms with Crippen LogP contribution in [-0.4, -0.2) is 26.9 Å². The highest BCUT2D eigenvalue weighted by molar-refractivity contribution is 5.43. The number of aliphatic hydroxyl groups is 1. The SMILES string of the molecule is COc1cccc(-n2c(O)c(C(C)O)[nH]c2=O)c1. The smallest absolute Gasteiger partial charge is 0.333 e. The van der Waals surface area contributed by atoms with Gasteiger partial charge in [0.2, 0.25) is 5.88 Å². The Labute approximate surface area is 103 Å². The summed E-state index contributed by atoms with van der Waals surface area (Å²) in [5, 5.41) is 19.3. The van der Waals surface area contributed by atoms with Crippen LogP contribution in [0.2, 0.25) is 0 Å². The Hall–Kier alpha value is -2.21. The van der Waals surface area contributed by atoms with Crippen LogP contribution < -0.4 is 10.4 Å². The number of aliphatic hydroxyl groups excluding tert-OH is 1. The molecule has 1 heterocycles. The number of aromatic amines is 1. The second kappa shape index (κ2) is 4.58. The molecule has 1 atom stereocenters. The van der Waals surface area contributed by atoms with Crippen molar-refractivity contribution in [1.82, 2.24) is 9.55 Å². The highest BCUT2D eigenvalue weighted by Gasteiger charge is 2.18. The summed E-state index contributed by atoms with van der Waals surface area (Å²) in [7, 11) is 1.51. The standard InChI is InChI=1S/C12H14N2O4/c1-7(15)10-11(16)14(12(17)13-10)8-4-3-5-9(6-8)18-2/h3-7,15-16H,1-2H3,(H,13,17). The van der Waals surface area contributed by atoms with E-state index in [0.29, 0.717) is 11.4 Å². The van der Waals surface area contributed by atoms with E-state index in [1.165, 1.54) is 14.0 Å². The van der Waals surface area contributed by atoms with Gasteiger partial charge in [0.05, 0.1) is 18.9 Å². The first kappa shape index (κ1) is 12.3. The predicted octanol–water partition coefficient (Wildman–Crippen LogP) is 0.933. The number of hydrogen-bond acceptors (Lipinski definition) is 4. The largest absolute Gasteiger partial charge is 0.497 e. The second-order valence-corrected chi connectivity index (χ2v) is 3.88. The fourth-order valence-corrected chi connectivity index (χ4v) is 1.72. The molecule has 0 amide bonds. The van der Waals surface area contributed by atoms with Gasteiger partial charge in [0, 0.05) is 6.07 Å². The molecule has 2 aromatic rings. The van der Waals surface area contributed by atoms with Gasteiger partial charge < -0.3 is 19.9 Å². The van der Waals surface area contributed by atoms with Crippen molar-refractivity contribution in [3.63, 3.8) is 0 Å². The van der Waals surface area contributed by atoms with Crippen molar-refractivity contribution in [3.05, 3.63) is 40.4 Å². The Kier molecular flexibility index (Phi) is 3.12. The Morgan fingerprint density at radius 2 is 2.17 bits per heavy atom. The zero-order chi connectivity index (χ0) is 13.3. The summed E-state index contributed by atoms with van der Waals surface area (Å²) < 4.78 is 6.13. The van der Waals surface area contributed by atoms with Crippen LogP contribution in [-0.2, 0) is 0 Å². The molecular weight excluding hydrogens is 236 g/mol. The maximum Gasteiger partial charge on any atom is 0.333 e. The lowest BCUT2D eigenvalue weighted by Gasteiger charge is -2.06. The highest BCUT2D eigenvalue weighted by atomic mass is 16.5. The molecule has 0 spiro atoms. The molecule has 1 aromatic heterocycles. The summed E-state index contributed by atoms with van der Waals surface area (Å²) >= 11 is 0. The van der Waals surface area contributed by atoms with Gasteiger partial charge in [-0.05, 0) is 19.1 Å². The molecule has 0 radical (unpaired) electrons. The van der Waals surface area contributed by atoms with Crippen molar-refractivity contribution in [3.8, 4) is 17.3 Å². The molecule has 0 fully saturated rings. The van der Waals surface area contributed by atoms with Crippen LogP contribution in [0.25, 0.3) is 5.69 Å². The number of nitrogens with one attached hydrogen (secondary N) is 1. The van der Waals surface area contributed by atoms with E-state index < -0.39 is 11.8 Å². The van der Waals surface area contributed by atoms with Crippen molar-refractivity contribution in [2.75, 3.05) is 7.11 Å². The van der Waals surface area contributed by atoms with Crippen LogP contribution in [0.5, 0.6) is 11.6 Å². The molecule has 1 aromatic carbocycles. The molecule has 2 rings (SSSR count). The highest BCUT2D eigenvalue weighted by Crippen LogP contribution is 2.24. The number of aromatic nitrogens is 2. The molecule has 0 bridgehead atoms. The maximum atomic E-state index is 11.8. The lowest BCUT2D eigenvalue weighted by atomic mass is 10.3. The number of benzene rings is 1. The quantitative estimate of drug-likeness (QED) is 0.756. The first-order valence-electron chi connectivity index (χ1n) is 5.41. The molecule has 0 saturated carbocycles. The zero-order valence-corrected chi connectivity index (χ0v) is 10.0. The van der Waals surface area contributed by atoms with Gasteiger partial charge in [0.25, 0.3) is 0 Å². The van der Waals surface area contributed by atoms with E-state index in [4.69, 9.17) is 4.74 Å². The molecular formula is C12H14N2O4. The fraction of sp³-hybridized carbons (Fsp3) is 0.250. The van der Waals surface area contributed by atoms with Gasteiger partial charge in [-0.3, -0.25) is 0 Å². The summed E-state index contributed by atoms with van der Waals surface area (Å²) in [6, 6.07) is 6.70. The first-order valence-corrected chi connectivity index (χ1v) is 5.41. The predicted molar refractivity (Wildman–Crippen MR) is 65.2 cm³/mol. The van der Waals surface area contributed by atoms with E-state index in [-0.39, 0.29) is 11.6 Å². The van der Waals surface area contributed by atoms with E-state index in [9.17, 15) is 15.0 Å². The van der Waals surface area contributed by atoms with Crippen LogP contribution in [0.15, 0.2) is 29.1 Å². The van der Waals surface area contributed by atoms with Crippen molar-refractivity contribution >= 4 is 0 Å². The van der Waals surface area contributed by atoms with Crippen molar-refractivity contribution in [1.29, 1.82) is 0 Å². The molecule has 0 saturated heterocycles. The molecule has 3 N–H and O–H groups in total. The van der Waals surface area contributed by atoms with Gasteiger partial charge in [0.15, 0.2) is 0 Å². The second-order valence-electron chi connectivity index (χ2n) is 3.88. The number of H-pyrrole nitrogens is 1. The minimum absolute atomic E-state index is 0.0859. The van der Waals surface area contributed by atoms with E-state index in [0.717, 1.165) is 4.57 Å². The number of nitrogens with zero attached hydrogens (tertiary/aromatic N) is 1. The molecule has 0 aliphatic heterocycles. The van der Waals surface area contributed by atoms with Gasteiger partial charge in [-0.1, -0.05) is 6.07 Å². The maximum absolute atomic E-state index is 11.8. The normalized spacial score (nSPS) is 12.4. The van der Waals surface area contributed by atoms with E-state index in [2.05, 4.69) is 4.98 Å². The zero-order valence-electron chi connectivity index (χ0n) is 10.0. The van der Waals surface area contributed by atoms with Crippen LogP contribution in [0.3, 0.4) is 0 Å². The van der Waals surface area contributed by atoms with Gasteiger partial charge in [-0.15, -0.1) is 0 Å². The molecule has 0 aliphatic rings. The Morgan fingerprint density at radius 3 is 2.72 bits per heavy atom. The van der Waals surface area contributed by atoms with Crippen molar-refractivity contribution < 1.29 is 14.9 Å². The topological polar surface area (TPSA) is 87.5 Å². The van der Waals surface area contributed by atoms with Crippen LogP contribution in [0.4, 0.5) is 0 Å². The molecule has 18 heavy (non-hydrogen) atoms. The lowest BCUT2D eigenvalue weighted by Crippen LogP contribution is -2.14. The minimum atomic E-state index is -0.954. The third-order valence-corrected chi connectivity index (χ3v) is 2.63. The summed E-state index contributed by atoms with van der Waals surface area (Å²) in [4.78, 5) is 14.2. The molecule has 0 aliphatic carbocycles. The van der Waals surface area contributed by atoms with Gasteiger partial charge in [-0.25, -0.2) is 9.36 Å². The molecule has 6 nitrogen and oxygen atoms in total. The number of aromatic hydroxyl groups is 1. The number of methoxy groups -OCH3 is 1. The van der Waals surface area contributed by atoms with E-state index >= 15 is 0 Å². The summed E-state index contributed by atoms with van der Waals surface area (Å²) in [5.74, 6) is 0.266. The van der Waals surface area contributed by atoms with Gasteiger partial charge >= 0.3 is 5.69 Å². The number of ether oxygens (including phenoxy) is 1. The third kappa shape index (κ3) is 1.98. The summed E-state index contributed by atoms with van der Waals surface area (Å²) in [6.07, 6.45) is -0.954. The average molecular weight is 250 g/mol. The van der Waals surface area contributed by atoms with Crippen LogP contribution in [0.1, 0.15) is 18.7 Å². The number of imidazole rings is 1. The fourth-order valence-electron chi connectivity index (χ4n) is 1.72. The number of hydrogen-bond donors (Lipinski definition) is 3. The summed E-state index contributed by atoms with van der Waals surface area (Å²) in [6.45, 7) is 1.46. The van der Waals surface area contributed by atoms with E-state index in [1.54, 1.807) is 24.3 Å². The average Bonchev–Trinajstić information content (AvgIpc) is 2.65. The van der Waals surface area contributed by atoms with Gasteiger partial charge in [-0.2, -0.15) is 0 Å². The van der Waals surface area contributed by atoms with E-state index in [1.807, 2.05) is 0 Å². The van der Waals surface area contributed by atoms with Crippen molar-refractivity contribution in [2.24, 2.45) is 0 Å². The molecule has 1 unspecified atom stereocenters. The summed E-state index contributed by atoms with van der Waals surface area (Å²) in [5.41, 5.74) is 0.0273. The number of rotatable bonds is 3. The van der Waals surface area contributed by atoms with Gasteiger partial charge in [0.1, 0.15) is 11.4 Å².